The van der Waals surface area contributed by atoms with Gasteiger partial charge in [-0.15, -0.1) is 0 Å². The zero-order valence-corrected chi connectivity index (χ0v) is 18.0. The van der Waals surface area contributed by atoms with Gasteiger partial charge in [-0.05, 0) is 67.6 Å². The molecular formula is C24H24N2O4S. The Labute approximate surface area is 181 Å². The molecule has 1 atom stereocenters. The molecule has 2 aromatic carbocycles. The molecule has 0 fully saturated rings. The summed E-state index contributed by atoms with van der Waals surface area (Å²) in [5.41, 5.74) is 3.84. The van der Waals surface area contributed by atoms with E-state index < -0.39 is 15.8 Å². The number of carboxylic acids is 1. The van der Waals surface area contributed by atoms with Crippen LogP contribution in [0.1, 0.15) is 45.8 Å². The minimum atomic E-state index is -3.57. The molecule has 7 heteroatoms. The van der Waals surface area contributed by atoms with E-state index in [0.717, 1.165) is 36.0 Å². The van der Waals surface area contributed by atoms with E-state index in [1.807, 2.05) is 13.0 Å². The van der Waals surface area contributed by atoms with Gasteiger partial charge in [-0.25, -0.2) is 13.2 Å². The van der Waals surface area contributed by atoms with Crippen LogP contribution < -0.4 is 5.32 Å². The Kier molecular flexibility index (Phi) is 5.78. The third-order valence-electron chi connectivity index (χ3n) is 5.78. The number of aromatic nitrogens is 1. The van der Waals surface area contributed by atoms with Crippen molar-refractivity contribution in [2.75, 3.05) is 11.9 Å². The van der Waals surface area contributed by atoms with Crippen molar-refractivity contribution in [1.82, 2.24) is 4.98 Å². The Balaban J connectivity index is 1.58. The van der Waals surface area contributed by atoms with Crippen LogP contribution >= 0.6 is 0 Å². The van der Waals surface area contributed by atoms with E-state index in [1.54, 1.807) is 36.4 Å². The number of aromatic carboxylic acids is 1. The van der Waals surface area contributed by atoms with Gasteiger partial charge in [0.2, 0.25) is 9.84 Å². The third kappa shape index (κ3) is 4.32. The summed E-state index contributed by atoms with van der Waals surface area (Å²) < 4.78 is 26.1. The average Bonchev–Trinajstić information content (AvgIpc) is 2.77. The second kappa shape index (κ2) is 8.51. The molecule has 0 saturated heterocycles. The third-order valence-corrected chi connectivity index (χ3v) is 7.55. The zero-order chi connectivity index (χ0) is 22.0. The van der Waals surface area contributed by atoms with E-state index >= 15 is 0 Å². The molecule has 0 aliphatic heterocycles. The van der Waals surface area contributed by atoms with Crippen LogP contribution in [0.25, 0.3) is 0 Å². The molecule has 0 radical (unpaired) electrons. The number of rotatable bonds is 6. The number of hydrogen-bond donors (Lipinski definition) is 2. The highest BCUT2D eigenvalue weighted by atomic mass is 32.2. The maximum atomic E-state index is 13.0. The van der Waals surface area contributed by atoms with E-state index in [2.05, 4.69) is 10.3 Å². The number of nitrogens with zero attached hydrogens (tertiary/aromatic N) is 1. The maximum absolute atomic E-state index is 13.0. The lowest BCUT2D eigenvalue weighted by Crippen LogP contribution is -2.19. The van der Waals surface area contributed by atoms with E-state index in [1.165, 1.54) is 18.5 Å². The highest BCUT2D eigenvalue weighted by Crippen LogP contribution is 2.34. The van der Waals surface area contributed by atoms with Crippen LogP contribution in [0, 0.1) is 6.92 Å². The highest BCUT2D eigenvalue weighted by Gasteiger charge is 2.24. The van der Waals surface area contributed by atoms with Gasteiger partial charge in [0.05, 0.1) is 27.2 Å². The number of fused-ring (bicyclic) bond motifs is 1. The molecule has 3 aromatic rings. The Bertz CT molecular complexity index is 1220. The second-order valence-electron chi connectivity index (χ2n) is 7.87. The zero-order valence-electron chi connectivity index (χ0n) is 17.2. The lowest BCUT2D eigenvalue weighted by molar-refractivity contribution is 0.0697. The first-order chi connectivity index (χ1) is 14.9. The summed E-state index contributed by atoms with van der Waals surface area (Å²) in [5, 5.41) is 12.6. The Morgan fingerprint density at radius 1 is 1.13 bits per heavy atom. The van der Waals surface area contributed by atoms with Crippen molar-refractivity contribution in [1.29, 1.82) is 0 Å². The molecule has 1 aliphatic carbocycles. The van der Waals surface area contributed by atoms with Crippen molar-refractivity contribution >= 4 is 21.5 Å². The van der Waals surface area contributed by atoms with Gasteiger partial charge in [-0.2, -0.15) is 0 Å². The van der Waals surface area contributed by atoms with Crippen molar-refractivity contribution in [3.8, 4) is 0 Å². The molecule has 0 saturated carbocycles. The van der Waals surface area contributed by atoms with Gasteiger partial charge in [0.1, 0.15) is 0 Å². The fourth-order valence-corrected chi connectivity index (χ4v) is 5.39. The van der Waals surface area contributed by atoms with Gasteiger partial charge < -0.3 is 10.4 Å². The van der Waals surface area contributed by atoms with Gasteiger partial charge >= 0.3 is 5.97 Å². The van der Waals surface area contributed by atoms with E-state index in [-0.39, 0.29) is 11.5 Å². The molecule has 6 nitrogen and oxygen atoms in total. The molecule has 2 N–H and O–H groups in total. The van der Waals surface area contributed by atoms with Crippen molar-refractivity contribution in [3.05, 3.63) is 83.2 Å². The molecule has 0 bridgehead atoms. The van der Waals surface area contributed by atoms with Gasteiger partial charge in [0.15, 0.2) is 0 Å². The first kappa shape index (κ1) is 21.1. The predicted octanol–water partition coefficient (Wildman–Crippen LogP) is 4.45. The van der Waals surface area contributed by atoms with Gasteiger partial charge in [0, 0.05) is 18.7 Å². The Morgan fingerprint density at radius 3 is 2.61 bits per heavy atom. The lowest BCUT2D eigenvalue weighted by atomic mass is 9.83. The largest absolute Gasteiger partial charge is 0.478 e. The number of carboxylic acid groups (broad SMARTS) is 1. The number of pyridine rings is 1. The molecule has 160 valence electrons. The summed E-state index contributed by atoms with van der Waals surface area (Å²) in [4.78, 5) is 16.0. The van der Waals surface area contributed by atoms with E-state index in [4.69, 9.17) is 0 Å². The number of anilines is 1. The molecule has 0 amide bonds. The normalized spacial score (nSPS) is 15.8. The van der Waals surface area contributed by atoms with Crippen LogP contribution in [0.5, 0.6) is 0 Å². The van der Waals surface area contributed by atoms with E-state index in [0.29, 0.717) is 22.0 Å². The van der Waals surface area contributed by atoms with Crippen LogP contribution in [0.3, 0.4) is 0 Å². The lowest BCUT2D eigenvalue weighted by Gasteiger charge is -2.27. The molecule has 4 rings (SSSR count). The van der Waals surface area contributed by atoms with Gasteiger partial charge in [0.25, 0.3) is 0 Å². The van der Waals surface area contributed by atoms with Crippen molar-refractivity contribution in [2.24, 2.45) is 0 Å². The fourth-order valence-electron chi connectivity index (χ4n) is 4.08. The van der Waals surface area contributed by atoms with Crippen LogP contribution in [0.2, 0.25) is 0 Å². The molecule has 1 aliphatic rings. The molecule has 31 heavy (non-hydrogen) atoms. The van der Waals surface area contributed by atoms with Crippen molar-refractivity contribution in [3.63, 3.8) is 0 Å². The number of sulfone groups is 1. The fraction of sp³-hybridized carbons (Fsp3) is 0.250. The smallest absolute Gasteiger partial charge is 0.337 e. The van der Waals surface area contributed by atoms with Crippen molar-refractivity contribution in [2.45, 2.75) is 41.9 Å². The maximum Gasteiger partial charge on any atom is 0.337 e. The Morgan fingerprint density at radius 2 is 1.87 bits per heavy atom. The summed E-state index contributed by atoms with van der Waals surface area (Å²) >= 11 is 0. The number of carbonyl (C=O) groups is 1. The molecule has 1 aromatic heterocycles. The predicted molar refractivity (Wildman–Crippen MR) is 118 cm³/mol. The van der Waals surface area contributed by atoms with Crippen LogP contribution in [0.15, 0.2) is 70.7 Å². The minimum Gasteiger partial charge on any atom is -0.478 e. The van der Waals surface area contributed by atoms with Gasteiger partial charge in [-0.1, -0.05) is 23.8 Å². The van der Waals surface area contributed by atoms with Crippen LogP contribution in [-0.4, -0.2) is 31.0 Å². The highest BCUT2D eigenvalue weighted by molar-refractivity contribution is 7.91. The number of hydrogen-bond acceptors (Lipinski definition) is 5. The summed E-state index contributed by atoms with van der Waals surface area (Å²) in [6, 6.07) is 13.7. The molecular weight excluding hydrogens is 412 g/mol. The number of aryl methyl sites for hydroxylation is 2. The summed E-state index contributed by atoms with van der Waals surface area (Å²) in [5.74, 6) is -0.832. The number of benzene rings is 2. The summed E-state index contributed by atoms with van der Waals surface area (Å²) in [6.45, 7) is 2.48. The van der Waals surface area contributed by atoms with Crippen LogP contribution in [-0.2, 0) is 16.3 Å². The quantitative estimate of drug-likeness (QED) is 0.593. The van der Waals surface area contributed by atoms with E-state index in [9.17, 15) is 18.3 Å². The van der Waals surface area contributed by atoms with Gasteiger partial charge in [-0.3, -0.25) is 4.98 Å². The van der Waals surface area contributed by atoms with Crippen molar-refractivity contribution < 1.29 is 18.3 Å². The second-order valence-corrected chi connectivity index (χ2v) is 9.82. The first-order valence-corrected chi connectivity index (χ1v) is 11.7. The topological polar surface area (TPSA) is 96.4 Å². The standard InChI is InChI=1S/C24H24N2O4S/c1-16-5-7-19(8-6-16)31(29,30)20-9-10-21-17(13-20)3-2-4-18(21)14-26-23-15-25-12-11-22(23)24(27)28/h5-13,15,18,26H,2-4,14H2,1H3,(H,27,28)/t18-/m0/s1. The average molecular weight is 437 g/mol. The van der Waals surface area contributed by atoms with Crippen LogP contribution in [0.4, 0.5) is 5.69 Å². The molecule has 0 unspecified atom stereocenters. The first-order valence-electron chi connectivity index (χ1n) is 10.2. The molecule has 1 heterocycles. The number of nitrogens with one attached hydrogen (secondary N) is 1. The Hall–Kier alpha value is -3.19. The summed E-state index contributed by atoms with van der Waals surface area (Å²) in [6.07, 6.45) is 5.71. The molecule has 0 spiro atoms. The summed E-state index contributed by atoms with van der Waals surface area (Å²) in [7, 11) is -3.57. The SMILES string of the molecule is Cc1ccc(S(=O)(=O)c2ccc3c(c2)CCC[C@H]3CNc2cnccc2C(=O)O)cc1. The minimum absolute atomic E-state index is 0.168. The monoisotopic (exact) mass is 436 g/mol.